The summed E-state index contributed by atoms with van der Waals surface area (Å²) in [4.78, 5) is 11.6. The number of hydrogen-bond acceptors (Lipinski definition) is 3. The molecule has 0 aliphatic carbocycles. The van der Waals surface area contributed by atoms with Crippen LogP contribution in [0.2, 0.25) is 0 Å². The molecule has 0 aliphatic heterocycles. The molecule has 0 saturated heterocycles. The smallest absolute Gasteiger partial charge is 0.261 e. The Labute approximate surface area is 122 Å². The lowest BCUT2D eigenvalue weighted by Crippen LogP contribution is -2.15. The molecule has 1 aromatic rings. The molecule has 0 radical (unpaired) electrons. The highest BCUT2D eigenvalue weighted by atomic mass is 19.3. The zero-order valence-corrected chi connectivity index (χ0v) is 11.8. The van der Waals surface area contributed by atoms with Crippen molar-refractivity contribution < 1.29 is 18.3 Å². The van der Waals surface area contributed by atoms with E-state index >= 15 is 0 Å². The topological polar surface area (TPSA) is 64.3 Å². The minimum atomic E-state index is -2.52. The second kappa shape index (κ2) is 9.06. The van der Waals surface area contributed by atoms with E-state index in [2.05, 4.69) is 21.9 Å². The lowest BCUT2D eigenvalue weighted by molar-refractivity contribution is -0.117. The molecule has 0 heterocycles. The molecular formula is C15H18F2N2O2. The lowest BCUT2D eigenvalue weighted by Gasteiger charge is -2.07. The molecule has 0 unspecified atom stereocenters. The zero-order chi connectivity index (χ0) is 15.7. The Balaban J connectivity index is 2.47. The normalized spacial score (nSPS) is 10.1. The average molecular weight is 296 g/mol. The van der Waals surface area contributed by atoms with Gasteiger partial charge in [0, 0.05) is 11.3 Å². The average Bonchev–Trinajstić information content (AvgIpc) is 2.42. The molecule has 114 valence electrons. The Morgan fingerprint density at radius 3 is 2.86 bits per heavy atom. The summed E-state index contributed by atoms with van der Waals surface area (Å²) in [5.74, 6) is 5.40. The second-order valence-electron chi connectivity index (χ2n) is 4.30. The number of aryl methyl sites for hydroxylation is 1. The fourth-order valence-corrected chi connectivity index (χ4v) is 1.59. The molecule has 0 bridgehead atoms. The molecular weight excluding hydrogens is 278 g/mol. The quantitative estimate of drug-likeness (QED) is 0.622. The molecule has 0 atom stereocenters. The van der Waals surface area contributed by atoms with Crippen LogP contribution in [0, 0.1) is 18.8 Å². The van der Waals surface area contributed by atoms with Gasteiger partial charge in [-0.3, -0.25) is 4.79 Å². The van der Waals surface area contributed by atoms with Crippen molar-refractivity contribution in [3.05, 3.63) is 29.3 Å². The van der Waals surface area contributed by atoms with Crippen LogP contribution < -0.4 is 11.1 Å². The van der Waals surface area contributed by atoms with Crippen LogP contribution >= 0.6 is 0 Å². The van der Waals surface area contributed by atoms with Crippen LogP contribution in [0.3, 0.4) is 0 Å². The van der Waals surface area contributed by atoms with E-state index in [1.807, 2.05) is 6.92 Å². The lowest BCUT2D eigenvalue weighted by atomic mass is 10.1. The summed E-state index contributed by atoms with van der Waals surface area (Å²) in [7, 11) is 0. The van der Waals surface area contributed by atoms with Gasteiger partial charge in [0.15, 0.2) is 0 Å². The molecule has 21 heavy (non-hydrogen) atoms. The summed E-state index contributed by atoms with van der Waals surface area (Å²) >= 11 is 0. The van der Waals surface area contributed by atoms with Crippen LogP contribution in [0.1, 0.15) is 17.5 Å². The van der Waals surface area contributed by atoms with Crippen molar-refractivity contribution in [2.24, 2.45) is 5.73 Å². The number of alkyl halides is 2. The van der Waals surface area contributed by atoms with Crippen LogP contribution in [-0.4, -0.2) is 32.1 Å². The summed E-state index contributed by atoms with van der Waals surface area (Å²) in [6.45, 7) is 1.48. The van der Waals surface area contributed by atoms with Gasteiger partial charge in [-0.1, -0.05) is 11.8 Å². The van der Waals surface area contributed by atoms with Crippen LogP contribution in [0.5, 0.6) is 0 Å². The van der Waals surface area contributed by atoms with Crippen molar-refractivity contribution in [1.29, 1.82) is 0 Å². The Morgan fingerprint density at radius 1 is 1.48 bits per heavy atom. The van der Waals surface area contributed by atoms with Gasteiger partial charge in [-0.2, -0.15) is 0 Å². The number of anilines is 1. The molecule has 3 N–H and O–H groups in total. The number of nitrogens with two attached hydrogens (primary N) is 1. The fourth-order valence-electron chi connectivity index (χ4n) is 1.59. The van der Waals surface area contributed by atoms with Crippen LogP contribution in [-0.2, 0) is 9.53 Å². The summed E-state index contributed by atoms with van der Waals surface area (Å²) in [5.41, 5.74) is 7.70. The number of hydrogen-bond donors (Lipinski definition) is 2. The first-order valence-electron chi connectivity index (χ1n) is 6.48. The molecule has 0 aromatic heterocycles. The van der Waals surface area contributed by atoms with Crippen LogP contribution in [0.25, 0.3) is 0 Å². The number of rotatable bonds is 6. The predicted molar refractivity (Wildman–Crippen MR) is 77.2 cm³/mol. The molecule has 1 aromatic carbocycles. The van der Waals surface area contributed by atoms with E-state index < -0.39 is 13.0 Å². The largest absolute Gasteiger partial charge is 0.375 e. The SMILES string of the molecule is Cc1cc(NC(=O)CCOCC(F)F)ccc1C#CCN. The van der Waals surface area contributed by atoms with Crippen molar-refractivity contribution >= 4 is 11.6 Å². The number of carbonyl (C=O) groups is 1. The summed E-state index contributed by atoms with van der Waals surface area (Å²) in [5, 5.41) is 2.67. The number of benzene rings is 1. The standard InChI is InChI=1S/C15H18F2N2O2/c1-11-9-13(5-4-12(11)3-2-7-18)19-15(20)6-8-21-10-14(16)17/h4-5,9,14H,6-8,10,18H2,1H3,(H,19,20). The van der Waals surface area contributed by atoms with E-state index in [-0.39, 0.29) is 25.5 Å². The minimum absolute atomic E-state index is 0.0283. The van der Waals surface area contributed by atoms with E-state index in [1.54, 1.807) is 18.2 Å². The highest BCUT2D eigenvalue weighted by molar-refractivity contribution is 5.90. The molecule has 1 amide bonds. The van der Waals surface area contributed by atoms with Gasteiger partial charge in [0.2, 0.25) is 5.91 Å². The molecule has 0 fully saturated rings. The highest BCUT2D eigenvalue weighted by Gasteiger charge is 2.06. The molecule has 0 saturated carbocycles. The van der Waals surface area contributed by atoms with Crippen molar-refractivity contribution in [2.45, 2.75) is 19.8 Å². The third kappa shape index (κ3) is 6.84. The van der Waals surface area contributed by atoms with Crippen LogP contribution in [0.4, 0.5) is 14.5 Å². The Bertz CT molecular complexity index is 536. The molecule has 4 nitrogen and oxygen atoms in total. The minimum Gasteiger partial charge on any atom is -0.375 e. The Kier molecular flexibility index (Phi) is 7.37. The molecule has 0 aliphatic rings. The van der Waals surface area contributed by atoms with Gasteiger partial charge in [-0.15, -0.1) is 0 Å². The van der Waals surface area contributed by atoms with E-state index in [0.717, 1.165) is 11.1 Å². The van der Waals surface area contributed by atoms with Gasteiger partial charge in [0.05, 0.1) is 19.6 Å². The monoisotopic (exact) mass is 296 g/mol. The van der Waals surface area contributed by atoms with E-state index in [0.29, 0.717) is 5.69 Å². The third-order valence-electron chi connectivity index (χ3n) is 2.55. The first-order chi connectivity index (χ1) is 10.0. The van der Waals surface area contributed by atoms with Gasteiger partial charge in [0.25, 0.3) is 6.43 Å². The maximum absolute atomic E-state index is 11.8. The molecule has 0 spiro atoms. The molecule has 6 heteroatoms. The maximum atomic E-state index is 11.8. The number of carbonyl (C=O) groups excluding carboxylic acids is 1. The van der Waals surface area contributed by atoms with Gasteiger partial charge in [0.1, 0.15) is 6.61 Å². The predicted octanol–water partition coefficient (Wildman–Crippen LogP) is 1.92. The number of nitrogens with one attached hydrogen (secondary N) is 1. The number of ether oxygens (including phenoxy) is 1. The van der Waals surface area contributed by atoms with E-state index in [4.69, 9.17) is 5.73 Å². The molecule has 1 rings (SSSR count). The second-order valence-corrected chi connectivity index (χ2v) is 4.30. The van der Waals surface area contributed by atoms with Crippen molar-refractivity contribution in [2.75, 3.05) is 25.1 Å². The summed E-state index contributed by atoms with van der Waals surface area (Å²) in [6, 6.07) is 5.31. The summed E-state index contributed by atoms with van der Waals surface area (Å²) < 4.78 is 28.3. The van der Waals surface area contributed by atoms with Crippen LogP contribution in [0.15, 0.2) is 18.2 Å². The van der Waals surface area contributed by atoms with Crippen molar-refractivity contribution in [1.82, 2.24) is 0 Å². The van der Waals surface area contributed by atoms with Gasteiger partial charge in [-0.25, -0.2) is 8.78 Å². The first kappa shape index (κ1) is 17.1. The zero-order valence-electron chi connectivity index (χ0n) is 11.8. The van der Waals surface area contributed by atoms with Crippen molar-refractivity contribution in [3.63, 3.8) is 0 Å². The van der Waals surface area contributed by atoms with Crippen molar-refractivity contribution in [3.8, 4) is 11.8 Å². The Morgan fingerprint density at radius 2 is 2.24 bits per heavy atom. The first-order valence-corrected chi connectivity index (χ1v) is 6.48. The number of halogens is 2. The van der Waals surface area contributed by atoms with Gasteiger partial charge >= 0.3 is 0 Å². The van der Waals surface area contributed by atoms with E-state index in [9.17, 15) is 13.6 Å². The van der Waals surface area contributed by atoms with Gasteiger partial charge < -0.3 is 15.8 Å². The van der Waals surface area contributed by atoms with Gasteiger partial charge in [-0.05, 0) is 30.7 Å². The third-order valence-corrected chi connectivity index (χ3v) is 2.55. The fraction of sp³-hybridized carbons (Fsp3) is 0.400. The maximum Gasteiger partial charge on any atom is 0.261 e. The Hall–Kier alpha value is -1.97. The number of amides is 1. The highest BCUT2D eigenvalue weighted by Crippen LogP contribution is 2.14. The van der Waals surface area contributed by atoms with E-state index in [1.165, 1.54) is 0 Å². The summed E-state index contributed by atoms with van der Waals surface area (Å²) in [6.07, 6.45) is -2.49.